The molecule has 10 heteroatoms. The minimum Gasteiger partial charge on any atom is -0.504 e. The highest BCUT2D eigenvalue weighted by Gasteiger charge is 2.28. The van der Waals surface area contributed by atoms with E-state index in [-0.39, 0.29) is 21.3 Å². The topological polar surface area (TPSA) is 109 Å². The first kappa shape index (κ1) is 16.8. The molecule has 2 N–H and O–H groups in total. The molecule has 1 amide bonds. The first-order valence-electron chi connectivity index (χ1n) is 7.10. The highest BCUT2D eigenvalue weighted by Crippen LogP contribution is 2.25. The maximum Gasteiger partial charge on any atom is 0.267 e. The van der Waals surface area contributed by atoms with E-state index in [1.807, 2.05) is 0 Å². The van der Waals surface area contributed by atoms with Gasteiger partial charge >= 0.3 is 0 Å². The molecule has 8 nitrogen and oxygen atoms in total. The van der Waals surface area contributed by atoms with Crippen molar-refractivity contribution >= 4 is 33.1 Å². The molecular formula is C14H15N3O5S2. The minimum atomic E-state index is -3.64. The van der Waals surface area contributed by atoms with Gasteiger partial charge in [-0.25, -0.2) is 13.4 Å². The number of aromatic hydroxyl groups is 1. The second-order valence-corrected chi connectivity index (χ2v) is 7.84. The van der Waals surface area contributed by atoms with Crippen molar-refractivity contribution in [2.75, 3.05) is 31.6 Å². The second-order valence-electron chi connectivity index (χ2n) is 4.99. The zero-order chi connectivity index (χ0) is 17.2. The quantitative estimate of drug-likeness (QED) is 0.836. The summed E-state index contributed by atoms with van der Waals surface area (Å²) in [7, 11) is -3.64. The maximum absolute atomic E-state index is 12.5. The van der Waals surface area contributed by atoms with E-state index in [0.717, 1.165) is 11.3 Å². The van der Waals surface area contributed by atoms with Gasteiger partial charge in [-0.05, 0) is 18.2 Å². The van der Waals surface area contributed by atoms with Gasteiger partial charge in [-0.3, -0.25) is 4.79 Å². The molecule has 0 atom stereocenters. The Morgan fingerprint density at radius 1 is 1.38 bits per heavy atom. The summed E-state index contributed by atoms with van der Waals surface area (Å²) in [6, 6.07) is 4.25. The van der Waals surface area contributed by atoms with Crippen molar-refractivity contribution in [3.05, 3.63) is 34.7 Å². The van der Waals surface area contributed by atoms with Crippen LogP contribution in [0.5, 0.6) is 5.75 Å². The number of nitrogens with zero attached hydrogens (tertiary/aromatic N) is 2. The van der Waals surface area contributed by atoms with Crippen LogP contribution in [0.15, 0.2) is 34.7 Å². The Morgan fingerprint density at radius 2 is 2.12 bits per heavy atom. The average Bonchev–Trinajstić information content (AvgIpc) is 3.09. The summed E-state index contributed by atoms with van der Waals surface area (Å²) in [5.41, 5.74) is 0. The standard InChI is InChI=1S/C14H15N3O5S2/c18-11-2-1-3-15-13(11)16-14(19)12-8-10(9-23-12)24(20,21)17-4-6-22-7-5-17/h1-3,8-9,18H,4-7H2,(H,15,16,19). The third-order valence-corrected chi connectivity index (χ3v) is 6.38. The summed E-state index contributed by atoms with van der Waals surface area (Å²) in [5.74, 6) is -0.672. The van der Waals surface area contributed by atoms with E-state index in [1.165, 1.54) is 34.1 Å². The van der Waals surface area contributed by atoms with Gasteiger partial charge in [0.1, 0.15) is 0 Å². The van der Waals surface area contributed by atoms with Crippen molar-refractivity contribution in [2.24, 2.45) is 0 Å². The molecule has 0 spiro atoms. The van der Waals surface area contributed by atoms with Crippen molar-refractivity contribution in [2.45, 2.75) is 4.90 Å². The average molecular weight is 369 g/mol. The lowest BCUT2D eigenvalue weighted by Gasteiger charge is -2.25. The number of thiophene rings is 1. The Labute approximate surface area is 142 Å². The normalized spacial score (nSPS) is 16.0. The van der Waals surface area contributed by atoms with Crippen molar-refractivity contribution < 1.29 is 23.1 Å². The summed E-state index contributed by atoms with van der Waals surface area (Å²) in [6.07, 6.45) is 1.43. The first-order valence-corrected chi connectivity index (χ1v) is 9.42. The number of aromatic nitrogens is 1. The summed E-state index contributed by atoms with van der Waals surface area (Å²) in [5, 5.41) is 13.5. The van der Waals surface area contributed by atoms with E-state index in [4.69, 9.17) is 4.74 Å². The van der Waals surface area contributed by atoms with Crippen LogP contribution in [0.3, 0.4) is 0 Å². The number of rotatable bonds is 4. The highest BCUT2D eigenvalue weighted by atomic mass is 32.2. The molecule has 1 aliphatic heterocycles. The van der Waals surface area contributed by atoms with E-state index in [9.17, 15) is 18.3 Å². The van der Waals surface area contributed by atoms with E-state index >= 15 is 0 Å². The van der Waals surface area contributed by atoms with Crippen LogP contribution in [0.4, 0.5) is 5.82 Å². The highest BCUT2D eigenvalue weighted by molar-refractivity contribution is 7.89. The van der Waals surface area contributed by atoms with Gasteiger partial charge < -0.3 is 15.2 Å². The third kappa shape index (κ3) is 3.41. The predicted molar refractivity (Wildman–Crippen MR) is 87.8 cm³/mol. The maximum atomic E-state index is 12.5. The summed E-state index contributed by atoms with van der Waals surface area (Å²) < 4.78 is 31.5. The van der Waals surface area contributed by atoms with E-state index in [1.54, 1.807) is 0 Å². The minimum absolute atomic E-state index is 0.0217. The number of pyridine rings is 1. The Morgan fingerprint density at radius 3 is 2.83 bits per heavy atom. The molecule has 0 aromatic carbocycles. The molecule has 24 heavy (non-hydrogen) atoms. The van der Waals surface area contributed by atoms with Crippen LogP contribution in [0.25, 0.3) is 0 Å². The lowest BCUT2D eigenvalue weighted by atomic mass is 10.4. The molecule has 3 rings (SSSR count). The third-order valence-electron chi connectivity index (χ3n) is 3.43. The summed E-state index contributed by atoms with van der Waals surface area (Å²) in [6.45, 7) is 1.30. The number of hydrogen-bond donors (Lipinski definition) is 2. The Balaban J connectivity index is 1.77. The number of anilines is 1. The zero-order valence-electron chi connectivity index (χ0n) is 12.5. The molecule has 2 aromatic rings. The molecule has 3 heterocycles. The molecule has 1 saturated heterocycles. The zero-order valence-corrected chi connectivity index (χ0v) is 14.1. The number of nitrogens with one attached hydrogen (secondary N) is 1. The van der Waals surface area contributed by atoms with Crippen molar-refractivity contribution in [1.82, 2.24) is 9.29 Å². The Hall–Kier alpha value is -2.01. The van der Waals surface area contributed by atoms with Crippen LogP contribution in [-0.2, 0) is 14.8 Å². The van der Waals surface area contributed by atoms with Crippen LogP contribution in [-0.4, -0.2) is 55.0 Å². The molecule has 0 unspecified atom stereocenters. The summed E-state index contributed by atoms with van der Waals surface area (Å²) >= 11 is 1.02. The van der Waals surface area contributed by atoms with Gasteiger partial charge in [0, 0.05) is 24.7 Å². The molecule has 1 fully saturated rings. The molecule has 0 bridgehead atoms. The Bertz CT molecular complexity index is 844. The SMILES string of the molecule is O=C(Nc1ncccc1O)c1cc(S(=O)(=O)N2CCOCC2)cs1. The van der Waals surface area contributed by atoms with Crippen LogP contribution in [0.2, 0.25) is 0 Å². The largest absolute Gasteiger partial charge is 0.504 e. The van der Waals surface area contributed by atoms with Gasteiger partial charge in [0.2, 0.25) is 10.0 Å². The molecule has 0 radical (unpaired) electrons. The van der Waals surface area contributed by atoms with Crippen molar-refractivity contribution in [1.29, 1.82) is 0 Å². The smallest absolute Gasteiger partial charge is 0.267 e. The molecule has 0 aliphatic carbocycles. The van der Waals surface area contributed by atoms with Crippen molar-refractivity contribution in [3.63, 3.8) is 0 Å². The first-order chi connectivity index (χ1) is 11.5. The van der Waals surface area contributed by atoms with Crippen LogP contribution < -0.4 is 5.32 Å². The number of carbonyl (C=O) groups excluding carboxylic acids is 1. The lowest BCUT2D eigenvalue weighted by Crippen LogP contribution is -2.40. The van der Waals surface area contributed by atoms with Gasteiger partial charge in [0.25, 0.3) is 5.91 Å². The predicted octanol–water partition coefficient (Wildman–Crippen LogP) is 1.12. The number of sulfonamides is 1. The molecule has 2 aromatic heterocycles. The fourth-order valence-corrected chi connectivity index (χ4v) is 4.74. The van der Waals surface area contributed by atoms with E-state index in [0.29, 0.717) is 26.3 Å². The number of ether oxygens (including phenoxy) is 1. The molecule has 1 aliphatic rings. The molecule has 128 valence electrons. The molecular weight excluding hydrogens is 354 g/mol. The summed E-state index contributed by atoms with van der Waals surface area (Å²) in [4.78, 5) is 16.3. The molecule has 0 saturated carbocycles. The van der Waals surface area contributed by atoms with Gasteiger partial charge in [-0.15, -0.1) is 11.3 Å². The lowest BCUT2D eigenvalue weighted by molar-refractivity contribution is 0.0730. The van der Waals surface area contributed by atoms with Crippen molar-refractivity contribution in [3.8, 4) is 5.75 Å². The van der Waals surface area contributed by atoms with Crippen LogP contribution in [0.1, 0.15) is 9.67 Å². The number of carbonyl (C=O) groups is 1. The number of morpholine rings is 1. The fourth-order valence-electron chi connectivity index (χ4n) is 2.17. The van der Waals surface area contributed by atoms with Gasteiger partial charge in [-0.1, -0.05) is 0 Å². The Kier molecular flexibility index (Phi) is 4.81. The van der Waals surface area contributed by atoms with Gasteiger partial charge in [-0.2, -0.15) is 4.31 Å². The second kappa shape index (κ2) is 6.85. The van der Waals surface area contributed by atoms with Crippen LogP contribution in [0, 0.1) is 0 Å². The van der Waals surface area contributed by atoms with Crippen LogP contribution >= 0.6 is 11.3 Å². The number of hydrogen-bond acceptors (Lipinski definition) is 7. The van der Waals surface area contributed by atoms with Gasteiger partial charge in [0.05, 0.1) is 23.0 Å². The van der Waals surface area contributed by atoms with E-state index in [2.05, 4.69) is 10.3 Å². The monoisotopic (exact) mass is 369 g/mol. The fraction of sp³-hybridized carbons (Fsp3) is 0.286. The van der Waals surface area contributed by atoms with Gasteiger partial charge in [0.15, 0.2) is 11.6 Å². The number of amides is 1. The van der Waals surface area contributed by atoms with E-state index < -0.39 is 15.9 Å².